The van der Waals surface area contributed by atoms with Crippen molar-refractivity contribution in [3.05, 3.63) is 11.9 Å². The van der Waals surface area contributed by atoms with Gasteiger partial charge in [0.2, 0.25) is 11.8 Å². The molecular weight excluding hydrogens is 270 g/mol. The quantitative estimate of drug-likeness (QED) is 0.855. The summed E-state index contributed by atoms with van der Waals surface area (Å²) in [6.07, 6.45) is 3.01. The van der Waals surface area contributed by atoms with Crippen LogP contribution in [-0.4, -0.2) is 43.8 Å². The van der Waals surface area contributed by atoms with Crippen LogP contribution >= 0.6 is 0 Å². The SMILES string of the molecule is CCC1NC(=O)C(CC(C)C)N(Cc2cn(C)nn2)C1=O. The highest BCUT2D eigenvalue weighted by Gasteiger charge is 2.40. The number of carbonyl (C=O) groups excluding carboxylic acids is 2. The predicted molar refractivity (Wildman–Crippen MR) is 77.0 cm³/mol. The zero-order valence-electron chi connectivity index (χ0n) is 13.0. The molecule has 7 nitrogen and oxygen atoms in total. The molecule has 1 saturated heterocycles. The summed E-state index contributed by atoms with van der Waals surface area (Å²) in [5.41, 5.74) is 0.698. The zero-order chi connectivity index (χ0) is 15.6. The molecule has 116 valence electrons. The number of carbonyl (C=O) groups is 2. The Morgan fingerprint density at radius 1 is 1.38 bits per heavy atom. The third kappa shape index (κ3) is 3.40. The minimum absolute atomic E-state index is 0.0339. The van der Waals surface area contributed by atoms with Crippen LogP contribution in [0.25, 0.3) is 0 Å². The summed E-state index contributed by atoms with van der Waals surface area (Å²) in [5.74, 6) is 0.225. The second-order valence-electron chi connectivity index (χ2n) is 5.96. The number of piperazine rings is 1. The Bertz CT molecular complexity index is 525. The normalized spacial score (nSPS) is 22.8. The van der Waals surface area contributed by atoms with E-state index in [1.165, 1.54) is 0 Å². The van der Waals surface area contributed by atoms with Crippen molar-refractivity contribution >= 4 is 11.8 Å². The number of hydrogen-bond donors (Lipinski definition) is 1. The highest BCUT2D eigenvalue weighted by molar-refractivity contribution is 5.96. The van der Waals surface area contributed by atoms with Gasteiger partial charge in [-0.25, -0.2) is 0 Å². The number of rotatable bonds is 5. The molecule has 1 aliphatic rings. The van der Waals surface area contributed by atoms with Crippen LogP contribution in [0.2, 0.25) is 0 Å². The van der Waals surface area contributed by atoms with Gasteiger partial charge in [0, 0.05) is 13.2 Å². The van der Waals surface area contributed by atoms with Gasteiger partial charge in [-0.2, -0.15) is 0 Å². The molecule has 1 fully saturated rings. The predicted octanol–water partition coefficient (Wildman–Crippen LogP) is 0.467. The molecule has 2 rings (SSSR count). The van der Waals surface area contributed by atoms with Crippen LogP contribution in [0.3, 0.4) is 0 Å². The van der Waals surface area contributed by atoms with Crippen LogP contribution in [0.1, 0.15) is 39.3 Å². The van der Waals surface area contributed by atoms with Gasteiger partial charge in [-0.15, -0.1) is 5.10 Å². The molecule has 0 bridgehead atoms. The van der Waals surface area contributed by atoms with E-state index in [9.17, 15) is 9.59 Å². The summed E-state index contributed by atoms with van der Waals surface area (Å²) in [6, 6.07) is -0.861. The number of hydrogen-bond acceptors (Lipinski definition) is 4. The van der Waals surface area contributed by atoms with Crippen molar-refractivity contribution in [3.63, 3.8) is 0 Å². The van der Waals surface area contributed by atoms with Crippen LogP contribution in [0.4, 0.5) is 0 Å². The molecule has 1 aromatic heterocycles. The van der Waals surface area contributed by atoms with Crippen molar-refractivity contribution < 1.29 is 9.59 Å². The fourth-order valence-corrected chi connectivity index (χ4v) is 2.61. The first-order chi connectivity index (χ1) is 9.92. The number of aromatic nitrogens is 3. The Morgan fingerprint density at radius 3 is 2.62 bits per heavy atom. The third-order valence-electron chi connectivity index (χ3n) is 3.66. The Hall–Kier alpha value is -1.92. The van der Waals surface area contributed by atoms with E-state index in [2.05, 4.69) is 15.6 Å². The molecule has 2 atom stereocenters. The first-order valence-corrected chi connectivity index (χ1v) is 7.38. The Balaban J connectivity index is 2.23. The third-order valence-corrected chi connectivity index (χ3v) is 3.66. The van der Waals surface area contributed by atoms with Crippen molar-refractivity contribution in [1.82, 2.24) is 25.2 Å². The van der Waals surface area contributed by atoms with Crippen LogP contribution < -0.4 is 5.32 Å². The minimum atomic E-state index is -0.433. The lowest BCUT2D eigenvalue weighted by molar-refractivity contribution is -0.150. The van der Waals surface area contributed by atoms with E-state index >= 15 is 0 Å². The molecule has 7 heteroatoms. The molecule has 2 amide bonds. The van der Waals surface area contributed by atoms with E-state index in [0.717, 1.165) is 0 Å². The molecule has 0 spiro atoms. The van der Waals surface area contributed by atoms with E-state index in [0.29, 0.717) is 31.0 Å². The van der Waals surface area contributed by atoms with Crippen molar-refractivity contribution in [2.45, 2.75) is 52.2 Å². The lowest BCUT2D eigenvalue weighted by Gasteiger charge is -2.39. The molecular formula is C14H23N5O2. The number of nitrogens with zero attached hydrogens (tertiary/aromatic N) is 4. The molecule has 2 heterocycles. The van der Waals surface area contributed by atoms with Crippen LogP contribution in [0.15, 0.2) is 6.20 Å². The van der Waals surface area contributed by atoms with E-state index in [1.54, 1.807) is 22.8 Å². The molecule has 0 saturated carbocycles. The number of nitrogens with one attached hydrogen (secondary N) is 1. The van der Waals surface area contributed by atoms with Crippen LogP contribution in [0, 0.1) is 5.92 Å². The summed E-state index contributed by atoms with van der Waals surface area (Å²) in [7, 11) is 1.78. The largest absolute Gasteiger partial charge is 0.343 e. The average Bonchev–Trinajstić information content (AvgIpc) is 2.82. The fourth-order valence-electron chi connectivity index (χ4n) is 2.61. The molecule has 1 aliphatic heterocycles. The van der Waals surface area contributed by atoms with Crippen molar-refractivity contribution in [1.29, 1.82) is 0 Å². The first kappa shape index (κ1) is 15.5. The van der Waals surface area contributed by atoms with Gasteiger partial charge in [-0.3, -0.25) is 14.3 Å². The lowest BCUT2D eigenvalue weighted by atomic mass is 9.97. The monoisotopic (exact) mass is 293 g/mol. The Morgan fingerprint density at radius 2 is 2.10 bits per heavy atom. The van der Waals surface area contributed by atoms with Crippen molar-refractivity contribution in [2.24, 2.45) is 13.0 Å². The van der Waals surface area contributed by atoms with Gasteiger partial charge in [-0.05, 0) is 18.8 Å². The maximum Gasteiger partial charge on any atom is 0.246 e. The van der Waals surface area contributed by atoms with Gasteiger partial charge in [0.05, 0.1) is 6.54 Å². The molecule has 21 heavy (non-hydrogen) atoms. The lowest BCUT2D eigenvalue weighted by Crippen LogP contribution is -2.63. The zero-order valence-corrected chi connectivity index (χ0v) is 13.0. The standard InChI is InChI=1S/C14H23N5O2/c1-5-11-14(21)19(8-10-7-18(4)17-16-10)12(6-9(2)3)13(20)15-11/h7,9,11-12H,5-6,8H2,1-4H3,(H,15,20). The van der Waals surface area contributed by atoms with Gasteiger partial charge in [0.15, 0.2) is 0 Å². The Kier molecular flexibility index (Phi) is 4.59. The van der Waals surface area contributed by atoms with E-state index < -0.39 is 12.1 Å². The Labute approximate surface area is 124 Å². The maximum atomic E-state index is 12.6. The number of aryl methyl sites for hydroxylation is 1. The first-order valence-electron chi connectivity index (χ1n) is 7.38. The van der Waals surface area contributed by atoms with Gasteiger partial charge in [0.25, 0.3) is 0 Å². The summed E-state index contributed by atoms with van der Waals surface area (Å²) >= 11 is 0. The van der Waals surface area contributed by atoms with E-state index in [4.69, 9.17) is 0 Å². The molecule has 0 aliphatic carbocycles. The van der Waals surface area contributed by atoms with Gasteiger partial charge in [-0.1, -0.05) is 26.0 Å². The summed E-state index contributed by atoms with van der Waals surface area (Å²) < 4.78 is 1.60. The summed E-state index contributed by atoms with van der Waals surface area (Å²) in [5, 5.41) is 10.7. The second-order valence-corrected chi connectivity index (χ2v) is 5.96. The van der Waals surface area contributed by atoms with Crippen molar-refractivity contribution in [2.75, 3.05) is 0 Å². The molecule has 0 aromatic carbocycles. The van der Waals surface area contributed by atoms with Crippen molar-refractivity contribution in [3.8, 4) is 0 Å². The highest BCUT2D eigenvalue weighted by Crippen LogP contribution is 2.20. The van der Waals surface area contributed by atoms with E-state index in [-0.39, 0.29) is 11.8 Å². The molecule has 1 aromatic rings. The van der Waals surface area contributed by atoms with Gasteiger partial charge >= 0.3 is 0 Å². The minimum Gasteiger partial charge on any atom is -0.343 e. The van der Waals surface area contributed by atoms with Gasteiger partial charge in [0.1, 0.15) is 17.8 Å². The summed E-state index contributed by atoms with van der Waals surface area (Å²) in [6.45, 7) is 6.31. The van der Waals surface area contributed by atoms with Crippen LogP contribution in [0.5, 0.6) is 0 Å². The topological polar surface area (TPSA) is 80.1 Å². The molecule has 0 radical (unpaired) electrons. The smallest absolute Gasteiger partial charge is 0.246 e. The molecule has 1 N–H and O–H groups in total. The average molecular weight is 293 g/mol. The maximum absolute atomic E-state index is 12.6. The van der Waals surface area contributed by atoms with E-state index in [1.807, 2.05) is 20.8 Å². The van der Waals surface area contributed by atoms with Gasteiger partial charge < -0.3 is 10.2 Å². The highest BCUT2D eigenvalue weighted by atomic mass is 16.2. The molecule has 2 unspecified atom stereocenters. The van der Waals surface area contributed by atoms with Crippen LogP contribution in [-0.2, 0) is 23.2 Å². The second kappa shape index (κ2) is 6.24. The summed E-state index contributed by atoms with van der Waals surface area (Å²) in [4.78, 5) is 26.5. The fraction of sp³-hybridized carbons (Fsp3) is 0.714. The number of amides is 2.